The van der Waals surface area contributed by atoms with Crippen LogP contribution in [-0.2, 0) is 52.6 Å². The predicted octanol–water partition coefficient (Wildman–Crippen LogP) is 4.12. The lowest BCUT2D eigenvalue weighted by atomic mass is 9.90. The van der Waals surface area contributed by atoms with Crippen LogP contribution in [0.1, 0.15) is 39.0 Å². The highest BCUT2D eigenvalue weighted by Gasteiger charge is 2.55. The van der Waals surface area contributed by atoms with Gasteiger partial charge in [-0.3, -0.25) is 9.59 Å². The molecule has 2 aliphatic carbocycles. The molecule has 2 amide bonds. The van der Waals surface area contributed by atoms with Crippen molar-refractivity contribution >= 4 is 29.8 Å². The third-order valence-corrected chi connectivity index (χ3v) is 9.48. The molecule has 3 aliphatic rings. The normalized spacial score (nSPS) is 20.5. The summed E-state index contributed by atoms with van der Waals surface area (Å²) in [6.45, 7) is -2.05. The Morgan fingerprint density at radius 2 is 1.65 bits per heavy atom. The maximum Gasteiger partial charge on any atom is 0.422 e. The van der Waals surface area contributed by atoms with E-state index in [0.29, 0.717) is 12.8 Å². The molecule has 0 saturated carbocycles. The maximum atomic E-state index is 14.3. The van der Waals surface area contributed by atoms with Crippen molar-refractivity contribution < 1.29 is 56.4 Å². The van der Waals surface area contributed by atoms with E-state index in [4.69, 9.17) is 14.2 Å². The molecule has 284 valence electrons. The van der Waals surface area contributed by atoms with E-state index in [9.17, 15) is 37.5 Å². The minimum Gasteiger partial charge on any atom is -0.456 e. The zero-order chi connectivity index (χ0) is 38.5. The molecular weight excluding hydrogens is 709 g/mol. The lowest BCUT2D eigenvalue weighted by molar-refractivity contribution is -0.182. The summed E-state index contributed by atoms with van der Waals surface area (Å²) in [7, 11) is 1.51. The molecule has 1 saturated heterocycles. The number of halogens is 3. The number of likely N-dealkylation sites (N-methyl/N-ethyl adjacent to an activating group) is 1. The van der Waals surface area contributed by atoms with Crippen molar-refractivity contribution in [3.05, 3.63) is 124 Å². The molecule has 1 heterocycles. The number of alkyl halides is 3. The van der Waals surface area contributed by atoms with Gasteiger partial charge in [-0.2, -0.15) is 13.2 Å². The van der Waals surface area contributed by atoms with Gasteiger partial charge in [0.25, 0.3) is 0 Å². The molecule has 0 bridgehead atoms. The molecule has 11 nitrogen and oxygen atoms in total. The van der Waals surface area contributed by atoms with E-state index in [1.165, 1.54) is 24.1 Å². The van der Waals surface area contributed by atoms with Crippen LogP contribution >= 0.6 is 0 Å². The van der Waals surface area contributed by atoms with Crippen LogP contribution in [-0.4, -0.2) is 96.9 Å². The van der Waals surface area contributed by atoms with Crippen LogP contribution in [0.3, 0.4) is 0 Å². The van der Waals surface area contributed by atoms with Crippen LogP contribution in [0.5, 0.6) is 0 Å². The molecule has 14 heteroatoms. The second kappa shape index (κ2) is 16.4. The zero-order valence-corrected chi connectivity index (χ0v) is 29.3. The molecular formula is C40H39F3N2O9. The Morgan fingerprint density at radius 1 is 0.981 bits per heavy atom. The number of nitrogens with one attached hydrogen (secondary N) is 1. The Balaban J connectivity index is 1.26. The van der Waals surface area contributed by atoms with Gasteiger partial charge in [-0.25, -0.2) is 9.59 Å². The number of fused-ring (bicyclic) bond motifs is 2. The standard InChI is InChI=1S/C40H39F3N2O9/c1-45(31(36(48)44-17-18-46)19-25-9-3-2-4-10-25)37(49)29-20-32(35-33(21-29)53-39(54-35)22-27-12-5-6-13-28(27)23-39)52-38(50)30-14-8-7-11-26(30)15-16-34(47)51-24-40(41,42)43/h2-16,21,31-33,35,46H,17-20,22-24H2,1H3,(H,44,48). The quantitative estimate of drug-likeness (QED) is 0.207. The molecule has 4 unspecified atom stereocenters. The van der Waals surface area contributed by atoms with E-state index < -0.39 is 66.7 Å². The summed E-state index contributed by atoms with van der Waals surface area (Å²) < 4.78 is 61.0. The van der Waals surface area contributed by atoms with Gasteiger partial charge < -0.3 is 34.3 Å². The van der Waals surface area contributed by atoms with Gasteiger partial charge in [-0.05, 0) is 40.5 Å². The van der Waals surface area contributed by atoms with Crippen LogP contribution < -0.4 is 5.32 Å². The van der Waals surface area contributed by atoms with Crippen LogP contribution in [0.25, 0.3) is 6.08 Å². The molecule has 1 fully saturated rings. The lowest BCUT2D eigenvalue weighted by Crippen LogP contribution is -2.51. The first-order chi connectivity index (χ1) is 25.8. The average Bonchev–Trinajstić information content (AvgIpc) is 3.71. The molecule has 3 aromatic rings. The fraction of sp³-hybridized carbons (Fsp3) is 0.350. The van der Waals surface area contributed by atoms with E-state index >= 15 is 0 Å². The third-order valence-electron chi connectivity index (χ3n) is 9.48. The summed E-state index contributed by atoms with van der Waals surface area (Å²) in [6, 6.07) is 22.0. The average molecular weight is 749 g/mol. The zero-order valence-electron chi connectivity index (χ0n) is 29.3. The fourth-order valence-corrected chi connectivity index (χ4v) is 6.95. The van der Waals surface area contributed by atoms with Crippen molar-refractivity contribution in [3.63, 3.8) is 0 Å². The molecule has 4 atom stereocenters. The highest BCUT2D eigenvalue weighted by atomic mass is 19.4. The number of esters is 2. The number of aliphatic hydroxyl groups excluding tert-OH is 1. The summed E-state index contributed by atoms with van der Waals surface area (Å²) in [5.41, 5.74) is 3.28. The number of rotatable bonds is 12. The molecule has 1 aliphatic heterocycles. The van der Waals surface area contributed by atoms with Gasteiger partial charge in [0.15, 0.2) is 12.4 Å². The first kappa shape index (κ1) is 38.4. The Labute approximate surface area is 309 Å². The molecule has 3 aromatic carbocycles. The highest BCUT2D eigenvalue weighted by molar-refractivity contribution is 5.98. The van der Waals surface area contributed by atoms with E-state index in [-0.39, 0.29) is 42.7 Å². The minimum atomic E-state index is -4.70. The van der Waals surface area contributed by atoms with E-state index in [2.05, 4.69) is 10.1 Å². The Bertz CT molecular complexity index is 1910. The second-order valence-corrected chi connectivity index (χ2v) is 13.3. The van der Waals surface area contributed by atoms with Gasteiger partial charge in [0, 0.05) is 50.9 Å². The minimum absolute atomic E-state index is 0.00107. The molecule has 2 N–H and O–H groups in total. The summed E-state index contributed by atoms with van der Waals surface area (Å²) in [6.07, 6.45) is -2.86. The SMILES string of the molecule is CN(C(=O)C1=CC2OC3(Cc4ccccc4C3)OC2C(OC(=O)c2ccccc2C=CC(=O)OCC(F)(F)F)C1)C(Cc1ccccc1)C(=O)NCCO. The van der Waals surface area contributed by atoms with Crippen molar-refractivity contribution in [2.24, 2.45) is 0 Å². The highest BCUT2D eigenvalue weighted by Crippen LogP contribution is 2.45. The van der Waals surface area contributed by atoms with Crippen molar-refractivity contribution in [1.29, 1.82) is 0 Å². The van der Waals surface area contributed by atoms with E-state index in [1.54, 1.807) is 18.2 Å². The molecule has 6 rings (SSSR count). The van der Waals surface area contributed by atoms with Crippen molar-refractivity contribution in [3.8, 4) is 0 Å². The number of benzene rings is 3. The van der Waals surface area contributed by atoms with Gasteiger partial charge in [-0.1, -0.05) is 72.8 Å². The van der Waals surface area contributed by atoms with Crippen LogP contribution in [0, 0.1) is 0 Å². The second-order valence-electron chi connectivity index (χ2n) is 13.3. The van der Waals surface area contributed by atoms with E-state index in [1.807, 2.05) is 54.6 Å². The Kier molecular flexibility index (Phi) is 11.6. The van der Waals surface area contributed by atoms with Gasteiger partial charge >= 0.3 is 18.1 Å². The first-order valence-electron chi connectivity index (χ1n) is 17.4. The Morgan fingerprint density at radius 3 is 2.33 bits per heavy atom. The monoisotopic (exact) mass is 748 g/mol. The predicted molar refractivity (Wildman–Crippen MR) is 188 cm³/mol. The van der Waals surface area contributed by atoms with Crippen molar-refractivity contribution in [1.82, 2.24) is 10.2 Å². The molecule has 0 aromatic heterocycles. The molecule has 0 radical (unpaired) electrons. The number of hydrogen-bond donors (Lipinski definition) is 2. The van der Waals surface area contributed by atoms with Gasteiger partial charge in [-0.15, -0.1) is 0 Å². The summed E-state index contributed by atoms with van der Waals surface area (Å²) in [4.78, 5) is 54.7. The first-order valence-corrected chi connectivity index (χ1v) is 17.4. The lowest BCUT2D eigenvalue weighted by Gasteiger charge is -2.33. The summed E-state index contributed by atoms with van der Waals surface area (Å²) in [5.74, 6) is -4.14. The van der Waals surface area contributed by atoms with Gasteiger partial charge in [0.05, 0.1) is 12.2 Å². The van der Waals surface area contributed by atoms with Gasteiger partial charge in [0.2, 0.25) is 11.8 Å². The van der Waals surface area contributed by atoms with Crippen LogP contribution in [0.15, 0.2) is 96.6 Å². The largest absolute Gasteiger partial charge is 0.456 e. The maximum absolute atomic E-state index is 14.3. The number of ether oxygens (including phenoxy) is 4. The number of aliphatic hydroxyl groups is 1. The number of hydrogen-bond acceptors (Lipinski definition) is 9. The van der Waals surface area contributed by atoms with Gasteiger partial charge in [0.1, 0.15) is 24.4 Å². The van der Waals surface area contributed by atoms with Crippen LogP contribution in [0.2, 0.25) is 0 Å². The molecule has 1 spiro atoms. The van der Waals surface area contributed by atoms with Crippen LogP contribution in [0.4, 0.5) is 13.2 Å². The van der Waals surface area contributed by atoms with Crippen molar-refractivity contribution in [2.45, 2.75) is 62.0 Å². The number of nitrogens with zero attached hydrogens (tertiary/aromatic N) is 1. The number of amides is 2. The smallest absolute Gasteiger partial charge is 0.422 e. The fourth-order valence-electron chi connectivity index (χ4n) is 6.95. The third kappa shape index (κ3) is 9.07. The number of carbonyl (C=O) groups is 4. The van der Waals surface area contributed by atoms with E-state index in [0.717, 1.165) is 28.8 Å². The molecule has 54 heavy (non-hydrogen) atoms. The topological polar surface area (TPSA) is 141 Å². The van der Waals surface area contributed by atoms with Crippen molar-refractivity contribution in [2.75, 3.05) is 26.8 Å². The summed E-state index contributed by atoms with van der Waals surface area (Å²) >= 11 is 0. The number of carbonyl (C=O) groups excluding carboxylic acids is 4. The Hall–Kier alpha value is -5.31. The summed E-state index contributed by atoms with van der Waals surface area (Å²) in [5, 5.41) is 12.0.